The summed E-state index contributed by atoms with van der Waals surface area (Å²) in [6.07, 6.45) is 5.42. The summed E-state index contributed by atoms with van der Waals surface area (Å²) in [5, 5.41) is 14.6. The van der Waals surface area contributed by atoms with E-state index in [0.29, 0.717) is 23.2 Å². The van der Waals surface area contributed by atoms with E-state index in [9.17, 15) is 14.4 Å². The summed E-state index contributed by atoms with van der Waals surface area (Å²) >= 11 is 6.07. The lowest BCUT2D eigenvalue weighted by atomic mass is 10.0. The zero-order valence-electron chi connectivity index (χ0n) is 17.5. The Bertz CT molecular complexity index is 737. The lowest BCUT2D eigenvalue weighted by Gasteiger charge is -2.30. The number of hydrogen-bond donors (Lipinski definition) is 4. The summed E-state index contributed by atoms with van der Waals surface area (Å²) in [7, 11) is 0. The molecule has 0 aromatic heterocycles. The van der Waals surface area contributed by atoms with Crippen molar-refractivity contribution < 1.29 is 19.6 Å². The van der Waals surface area contributed by atoms with Crippen molar-refractivity contribution in [2.75, 3.05) is 18.4 Å². The molecule has 1 aliphatic carbocycles. The van der Waals surface area contributed by atoms with Crippen molar-refractivity contribution in [2.45, 2.75) is 52.0 Å². The lowest BCUT2D eigenvalue weighted by Crippen LogP contribution is -2.54. The zero-order valence-corrected chi connectivity index (χ0v) is 18.2. The van der Waals surface area contributed by atoms with Crippen LogP contribution in [0.1, 0.15) is 46.0 Å². The standard InChI is InChI=1S/C21H31ClN4O4/c1-14(2)19(24-21(29)23-17-10-6-5-9-16(17)22)20(28)26(13-18(27)25-30)12-11-15-7-3-4-8-15/h5-6,9-10,14-15,19,30H,3-4,7-8,11-13H2,1-2H3,(H,25,27)(H2,23,24,29)/t19-/m0/s1. The molecule has 0 aliphatic heterocycles. The fourth-order valence-corrected chi connectivity index (χ4v) is 3.87. The molecule has 0 saturated heterocycles. The molecule has 1 aliphatic rings. The molecule has 166 valence electrons. The molecule has 1 atom stereocenters. The third kappa shape index (κ3) is 7.18. The lowest BCUT2D eigenvalue weighted by molar-refractivity contribution is -0.141. The first-order valence-corrected chi connectivity index (χ1v) is 10.7. The Labute approximate surface area is 182 Å². The monoisotopic (exact) mass is 438 g/mol. The van der Waals surface area contributed by atoms with Gasteiger partial charge >= 0.3 is 6.03 Å². The van der Waals surface area contributed by atoms with Crippen LogP contribution in [0.15, 0.2) is 24.3 Å². The molecule has 0 bridgehead atoms. The minimum Gasteiger partial charge on any atom is -0.332 e. The summed E-state index contributed by atoms with van der Waals surface area (Å²) in [5.41, 5.74) is 2.01. The number of nitrogens with one attached hydrogen (secondary N) is 3. The number of carbonyl (C=O) groups excluding carboxylic acids is 3. The average molecular weight is 439 g/mol. The van der Waals surface area contributed by atoms with Crippen molar-refractivity contribution in [3.8, 4) is 0 Å². The molecule has 1 aromatic carbocycles. The number of rotatable bonds is 9. The van der Waals surface area contributed by atoms with Crippen LogP contribution >= 0.6 is 11.6 Å². The Morgan fingerprint density at radius 2 is 1.87 bits per heavy atom. The second kappa shape index (κ2) is 11.8. The summed E-state index contributed by atoms with van der Waals surface area (Å²) in [5.74, 6) is -0.703. The quantitative estimate of drug-likeness (QED) is 0.349. The van der Waals surface area contributed by atoms with Gasteiger partial charge in [0.1, 0.15) is 12.6 Å². The van der Waals surface area contributed by atoms with Gasteiger partial charge in [0.25, 0.3) is 5.91 Å². The van der Waals surface area contributed by atoms with E-state index in [-0.39, 0.29) is 18.4 Å². The molecule has 1 saturated carbocycles. The van der Waals surface area contributed by atoms with Gasteiger partial charge in [0.2, 0.25) is 5.91 Å². The van der Waals surface area contributed by atoms with Crippen LogP contribution in [0.4, 0.5) is 10.5 Å². The number of amides is 4. The summed E-state index contributed by atoms with van der Waals surface area (Å²) in [6.45, 7) is 3.77. The largest absolute Gasteiger partial charge is 0.332 e. The Kier molecular flexibility index (Phi) is 9.39. The van der Waals surface area contributed by atoms with E-state index in [1.807, 2.05) is 13.8 Å². The first-order chi connectivity index (χ1) is 14.3. The van der Waals surface area contributed by atoms with Gasteiger partial charge in [-0.3, -0.25) is 14.8 Å². The van der Waals surface area contributed by atoms with Gasteiger partial charge in [-0.15, -0.1) is 0 Å². The molecule has 30 heavy (non-hydrogen) atoms. The number of para-hydroxylation sites is 1. The summed E-state index contributed by atoms with van der Waals surface area (Å²) < 4.78 is 0. The molecule has 8 nitrogen and oxygen atoms in total. The van der Waals surface area contributed by atoms with Crippen molar-refractivity contribution in [1.29, 1.82) is 0 Å². The predicted octanol–water partition coefficient (Wildman–Crippen LogP) is 3.40. The Balaban J connectivity index is 2.06. The highest BCUT2D eigenvalue weighted by atomic mass is 35.5. The minimum atomic E-state index is -0.831. The molecule has 0 radical (unpaired) electrons. The normalized spacial score (nSPS) is 15.0. The Hall–Kier alpha value is -2.32. The van der Waals surface area contributed by atoms with Crippen LogP contribution in [-0.2, 0) is 9.59 Å². The van der Waals surface area contributed by atoms with Crippen molar-refractivity contribution in [3.63, 3.8) is 0 Å². The maximum Gasteiger partial charge on any atom is 0.319 e. The molecular formula is C21H31ClN4O4. The molecule has 0 spiro atoms. The molecule has 4 N–H and O–H groups in total. The van der Waals surface area contributed by atoms with Gasteiger partial charge in [-0.2, -0.15) is 0 Å². The SMILES string of the molecule is CC(C)[C@H](NC(=O)Nc1ccccc1Cl)C(=O)N(CCC1CCCC1)CC(=O)NO. The van der Waals surface area contributed by atoms with Crippen LogP contribution in [0.3, 0.4) is 0 Å². The number of halogens is 1. The molecule has 2 rings (SSSR count). The van der Waals surface area contributed by atoms with Crippen LogP contribution in [-0.4, -0.2) is 47.1 Å². The van der Waals surface area contributed by atoms with E-state index < -0.39 is 18.0 Å². The van der Waals surface area contributed by atoms with Gasteiger partial charge in [0.05, 0.1) is 10.7 Å². The number of nitrogens with zero attached hydrogens (tertiary/aromatic N) is 1. The highest BCUT2D eigenvalue weighted by molar-refractivity contribution is 6.33. The van der Waals surface area contributed by atoms with Crippen molar-refractivity contribution in [3.05, 3.63) is 29.3 Å². The van der Waals surface area contributed by atoms with E-state index in [4.69, 9.17) is 16.8 Å². The Morgan fingerprint density at radius 3 is 2.47 bits per heavy atom. The fourth-order valence-electron chi connectivity index (χ4n) is 3.69. The van der Waals surface area contributed by atoms with Gasteiger partial charge in [0, 0.05) is 6.54 Å². The third-order valence-corrected chi connectivity index (χ3v) is 5.72. The topological polar surface area (TPSA) is 111 Å². The van der Waals surface area contributed by atoms with Crippen LogP contribution in [0.2, 0.25) is 5.02 Å². The number of urea groups is 1. The number of benzene rings is 1. The second-order valence-electron chi connectivity index (χ2n) is 8.03. The maximum absolute atomic E-state index is 13.2. The number of hydroxylamine groups is 1. The van der Waals surface area contributed by atoms with E-state index in [1.165, 1.54) is 17.7 Å². The highest BCUT2D eigenvalue weighted by Gasteiger charge is 2.30. The van der Waals surface area contributed by atoms with Crippen LogP contribution in [0.5, 0.6) is 0 Å². The third-order valence-electron chi connectivity index (χ3n) is 5.39. The van der Waals surface area contributed by atoms with Crippen LogP contribution < -0.4 is 16.1 Å². The van der Waals surface area contributed by atoms with Gasteiger partial charge in [-0.05, 0) is 30.4 Å². The molecule has 0 unspecified atom stereocenters. The first-order valence-electron chi connectivity index (χ1n) is 10.4. The molecule has 1 aromatic rings. The van der Waals surface area contributed by atoms with Gasteiger partial charge in [-0.25, -0.2) is 10.3 Å². The van der Waals surface area contributed by atoms with Crippen molar-refractivity contribution in [1.82, 2.24) is 15.7 Å². The first kappa shape index (κ1) is 24.0. The van der Waals surface area contributed by atoms with Crippen LogP contribution in [0, 0.1) is 11.8 Å². The van der Waals surface area contributed by atoms with Crippen LogP contribution in [0.25, 0.3) is 0 Å². The Morgan fingerprint density at radius 1 is 1.20 bits per heavy atom. The number of carbonyl (C=O) groups is 3. The summed E-state index contributed by atoms with van der Waals surface area (Å²) in [4.78, 5) is 38.8. The van der Waals surface area contributed by atoms with Gasteiger partial charge in [0.15, 0.2) is 0 Å². The molecule has 9 heteroatoms. The maximum atomic E-state index is 13.2. The molecule has 4 amide bonds. The average Bonchev–Trinajstić information content (AvgIpc) is 3.23. The summed E-state index contributed by atoms with van der Waals surface area (Å²) in [6, 6.07) is 5.42. The second-order valence-corrected chi connectivity index (χ2v) is 8.44. The van der Waals surface area contributed by atoms with Crippen molar-refractivity contribution >= 4 is 35.1 Å². The van der Waals surface area contributed by atoms with E-state index in [2.05, 4.69) is 10.6 Å². The van der Waals surface area contributed by atoms with E-state index in [1.54, 1.807) is 29.7 Å². The zero-order chi connectivity index (χ0) is 22.1. The van der Waals surface area contributed by atoms with E-state index >= 15 is 0 Å². The predicted molar refractivity (Wildman–Crippen MR) is 115 cm³/mol. The molecular weight excluding hydrogens is 408 g/mol. The minimum absolute atomic E-state index is 0.208. The number of anilines is 1. The number of hydrogen-bond acceptors (Lipinski definition) is 4. The van der Waals surface area contributed by atoms with Gasteiger partial charge in [-0.1, -0.05) is 63.3 Å². The smallest absolute Gasteiger partial charge is 0.319 e. The highest BCUT2D eigenvalue weighted by Crippen LogP contribution is 2.27. The molecule has 1 fully saturated rings. The van der Waals surface area contributed by atoms with Gasteiger partial charge < -0.3 is 15.5 Å². The van der Waals surface area contributed by atoms with Crippen molar-refractivity contribution in [2.24, 2.45) is 11.8 Å². The van der Waals surface area contributed by atoms with E-state index in [0.717, 1.165) is 19.3 Å². The fraction of sp³-hybridized carbons (Fsp3) is 0.571. The molecule has 0 heterocycles.